The molecule has 0 bridgehead atoms. The van der Waals surface area contributed by atoms with Crippen LogP contribution in [0.5, 0.6) is 0 Å². The molecule has 21 nitrogen and oxygen atoms in total. The molecule has 1 fully saturated rings. The van der Waals surface area contributed by atoms with Crippen LogP contribution in [0, 0.1) is 13.9 Å². The molecule has 6 aromatic heterocycles. The maximum Gasteiger partial charge on any atom is 0.330 e. The average molecular weight is 1130 g/mol. The SMILES string of the molecule is Cn1c(=S)c2[nH]ccc2n(C)c1=O.Cn1c(=S)c2c(ncn2Cc2ccc(C=C3C(=O)NC(=O)NC3=O)cc2)n(C)c1=O.Cn1c(=S)c2c(ncn2Cc2ccc(C=O)cc2)n(C)c1=O.O=Cc1ccc(CBr)cc1. The first-order chi connectivity index (χ1) is 35.8. The molecule has 0 saturated carbocycles. The zero-order chi connectivity index (χ0) is 54.4. The van der Waals surface area contributed by atoms with Gasteiger partial charge in [0.1, 0.15) is 43.1 Å². The maximum atomic E-state index is 12.2. The lowest BCUT2D eigenvalue weighted by Gasteiger charge is -2.14. The molecule has 3 N–H and O–H groups in total. The third-order valence-electron chi connectivity index (χ3n) is 11.9. The third kappa shape index (κ3) is 11.5. The zero-order valence-corrected chi connectivity index (χ0v) is 45.0. The van der Waals surface area contributed by atoms with Crippen LogP contribution in [-0.4, -0.2) is 81.9 Å². The molecular weight excluding hydrogens is 1090 g/mol. The minimum atomic E-state index is -0.836. The number of amides is 4. The van der Waals surface area contributed by atoms with Gasteiger partial charge in [0.15, 0.2) is 11.3 Å². The number of aromatic amines is 1. The van der Waals surface area contributed by atoms with Crippen LogP contribution in [0.2, 0.25) is 0 Å². The van der Waals surface area contributed by atoms with Crippen molar-refractivity contribution in [2.75, 3.05) is 0 Å². The van der Waals surface area contributed by atoms with Gasteiger partial charge in [-0.05, 0) is 34.4 Å². The number of aryl methyl sites for hydroxylation is 3. The van der Waals surface area contributed by atoms with Gasteiger partial charge in [-0.25, -0.2) is 29.1 Å². The molecule has 0 unspecified atom stereocenters. The summed E-state index contributed by atoms with van der Waals surface area (Å²) in [4.78, 5) is 103. The highest BCUT2D eigenvalue weighted by Gasteiger charge is 2.27. The molecule has 10 rings (SSSR count). The number of carbonyl (C=O) groups excluding carboxylic acids is 5. The van der Waals surface area contributed by atoms with Gasteiger partial charge in [0.2, 0.25) is 0 Å². The molecule has 75 heavy (non-hydrogen) atoms. The van der Waals surface area contributed by atoms with Crippen LogP contribution in [0.3, 0.4) is 0 Å². The number of aromatic nitrogens is 11. The van der Waals surface area contributed by atoms with E-state index in [0.717, 1.165) is 51.1 Å². The molecule has 0 spiro atoms. The van der Waals surface area contributed by atoms with Crippen LogP contribution in [0.1, 0.15) is 43.0 Å². The molecule has 0 radical (unpaired) electrons. The second-order valence-corrected chi connectivity index (χ2v) is 18.6. The smallest absolute Gasteiger partial charge is 0.330 e. The lowest BCUT2D eigenvalue weighted by atomic mass is 10.1. The first-order valence-corrected chi connectivity index (χ1v) is 24.7. The number of aldehydes is 2. The zero-order valence-electron chi connectivity index (χ0n) is 40.9. The van der Waals surface area contributed by atoms with Crippen LogP contribution in [0.4, 0.5) is 4.79 Å². The molecule has 1 aliphatic rings. The Morgan fingerprint density at radius 3 is 1.35 bits per heavy atom. The predicted octanol–water partition coefficient (Wildman–Crippen LogP) is 5.59. The van der Waals surface area contributed by atoms with Crippen molar-refractivity contribution >= 4 is 122 Å². The van der Waals surface area contributed by atoms with Gasteiger partial charge in [-0.3, -0.25) is 57.2 Å². The van der Waals surface area contributed by atoms with E-state index in [-0.39, 0.29) is 22.6 Å². The van der Waals surface area contributed by atoms with Crippen molar-refractivity contribution in [1.29, 1.82) is 0 Å². The van der Waals surface area contributed by atoms with Crippen molar-refractivity contribution in [2.45, 2.75) is 18.4 Å². The van der Waals surface area contributed by atoms with Gasteiger partial charge < -0.3 is 14.1 Å². The molecule has 0 atom stereocenters. The Labute approximate surface area is 448 Å². The number of imidazole rings is 2. The number of benzene rings is 3. The number of fused-ring (bicyclic) bond motifs is 3. The number of carbonyl (C=O) groups is 5. The summed E-state index contributed by atoms with van der Waals surface area (Å²) in [5.74, 6) is -1.48. The van der Waals surface area contributed by atoms with Gasteiger partial charge in [0.05, 0.1) is 23.7 Å². The molecule has 7 heterocycles. The number of hydrogen-bond acceptors (Lipinski definition) is 13. The number of urea groups is 1. The maximum absolute atomic E-state index is 12.2. The van der Waals surface area contributed by atoms with Crippen molar-refractivity contribution in [3.63, 3.8) is 0 Å². The Kier molecular flexibility index (Phi) is 16.8. The van der Waals surface area contributed by atoms with Crippen molar-refractivity contribution in [3.8, 4) is 0 Å². The van der Waals surface area contributed by atoms with Gasteiger partial charge in [-0.2, -0.15) is 0 Å². The van der Waals surface area contributed by atoms with E-state index < -0.39 is 17.8 Å². The Balaban J connectivity index is 0.000000159. The molecule has 25 heteroatoms. The van der Waals surface area contributed by atoms with E-state index in [1.165, 1.54) is 34.5 Å². The van der Waals surface area contributed by atoms with Gasteiger partial charge in [0.25, 0.3) is 11.8 Å². The first-order valence-electron chi connectivity index (χ1n) is 22.3. The number of rotatable bonds is 8. The van der Waals surface area contributed by atoms with E-state index >= 15 is 0 Å². The van der Waals surface area contributed by atoms with E-state index in [2.05, 4.69) is 30.9 Å². The highest BCUT2D eigenvalue weighted by molar-refractivity contribution is 9.08. The summed E-state index contributed by atoms with van der Waals surface area (Å²) < 4.78 is 14.0. The quantitative estimate of drug-likeness (QED) is 0.0553. The Hall–Kier alpha value is -8.39. The molecule has 1 saturated heterocycles. The van der Waals surface area contributed by atoms with Gasteiger partial charge in [0, 0.05) is 78.0 Å². The van der Waals surface area contributed by atoms with Gasteiger partial charge >= 0.3 is 23.1 Å². The van der Waals surface area contributed by atoms with Crippen molar-refractivity contribution < 1.29 is 24.0 Å². The number of halogens is 1. The Morgan fingerprint density at radius 2 is 0.920 bits per heavy atom. The summed E-state index contributed by atoms with van der Waals surface area (Å²) in [6.07, 6.45) is 8.15. The van der Waals surface area contributed by atoms with Crippen LogP contribution >= 0.6 is 52.6 Å². The number of barbiturate groups is 1. The molecule has 4 amide bonds. The fourth-order valence-electron chi connectivity index (χ4n) is 7.70. The standard InChI is InChI=1S/C19H16N6O4S.C15H14N4O2S.C8H7BrO.C8H9N3OS/c1-23-14-13(17(30)24(2)19(23)29)25(9-20-14)8-11-5-3-10(4-6-11)7-12-15(26)21-18(28)22-16(12)27;1-17-13-12(14(22)18(2)15(17)21)19(9-16-13)7-10-3-5-11(8-20)6-4-10;9-5-7-1-3-8(6-10)4-2-7;1-10-5-3-4-9-6(5)7(13)11(2)8(10)12/h3-7,9H,8H2,1-2H3,(H2,21,22,26,27,28);3-6,8-9H,7H2,1-2H3;1-4,6H,5H2;3-4,9H,1-2H3. The summed E-state index contributed by atoms with van der Waals surface area (Å²) in [5.41, 5.74) is 8.62. The molecule has 1 aliphatic heterocycles. The monoisotopic (exact) mass is 1130 g/mol. The molecule has 3 aromatic carbocycles. The topological polar surface area (TPSA) is 242 Å². The summed E-state index contributed by atoms with van der Waals surface area (Å²) in [6.45, 7) is 1.03. The largest absolute Gasteiger partial charge is 0.358 e. The van der Waals surface area contributed by atoms with Crippen molar-refractivity contribution in [2.24, 2.45) is 42.3 Å². The number of hydrogen-bond donors (Lipinski definition) is 3. The highest BCUT2D eigenvalue weighted by atomic mass is 79.9. The molecular formula is C50H46BrN13O8S3. The van der Waals surface area contributed by atoms with E-state index in [0.29, 0.717) is 54.9 Å². The minimum absolute atomic E-state index is 0.0999. The summed E-state index contributed by atoms with van der Waals surface area (Å²) in [7, 11) is 9.99. The fraction of sp³-hybridized carbons (Fsp3) is 0.180. The fourth-order valence-corrected chi connectivity index (χ4v) is 8.89. The third-order valence-corrected chi connectivity index (χ3v) is 14.0. The van der Waals surface area contributed by atoms with E-state index in [1.54, 1.807) is 90.0 Å². The van der Waals surface area contributed by atoms with Gasteiger partial charge in [-0.15, -0.1) is 0 Å². The van der Waals surface area contributed by atoms with E-state index in [4.69, 9.17) is 36.7 Å². The predicted molar refractivity (Wildman–Crippen MR) is 293 cm³/mol. The average Bonchev–Trinajstić information content (AvgIpc) is 4.19. The number of alkyl halides is 1. The lowest BCUT2D eigenvalue weighted by Crippen LogP contribution is -2.51. The number of H-pyrrole nitrogens is 1. The minimum Gasteiger partial charge on any atom is -0.358 e. The molecule has 384 valence electrons. The van der Waals surface area contributed by atoms with E-state index in [1.807, 2.05) is 74.4 Å². The Bertz CT molecular complexity index is 4120. The number of imide groups is 2. The second-order valence-electron chi connectivity index (χ2n) is 16.8. The van der Waals surface area contributed by atoms with Crippen LogP contribution < -0.4 is 27.7 Å². The summed E-state index contributed by atoms with van der Waals surface area (Å²) in [6, 6.07) is 23.0. The number of nitrogens with one attached hydrogen (secondary N) is 3. The molecule has 0 aliphatic carbocycles. The summed E-state index contributed by atoms with van der Waals surface area (Å²) >= 11 is 19.2. The first kappa shape index (κ1) is 54.4. The lowest BCUT2D eigenvalue weighted by molar-refractivity contribution is -0.123. The van der Waals surface area contributed by atoms with Crippen molar-refractivity contribution in [3.05, 3.63) is 182 Å². The highest BCUT2D eigenvalue weighted by Crippen LogP contribution is 2.18. The van der Waals surface area contributed by atoms with Gasteiger partial charge in [-0.1, -0.05) is 125 Å². The second kappa shape index (κ2) is 23.2. The van der Waals surface area contributed by atoms with Crippen LogP contribution in [0.25, 0.3) is 39.4 Å². The number of nitrogens with zero attached hydrogens (tertiary/aromatic N) is 10. The summed E-state index contributed by atoms with van der Waals surface area (Å²) in [5, 5.41) is 4.90. The molecule has 9 aromatic rings. The van der Waals surface area contributed by atoms with Crippen LogP contribution in [-0.2, 0) is 70.3 Å². The van der Waals surface area contributed by atoms with Crippen molar-refractivity contribution in [1.82, 2.24) is 62.1 Å². The Morgan fingerprint density at radius 1 is 0.520 bits per heavy atom. The normalized spacial score (nSPS) is 12.0. The van der Waals surface area contributed by atoms with Crippen LogP contribution in [0.15, 0.2) is 118 Å². The van der Waals surface area contributed by atoms with E-state index in [9.17, 15) is 38.4 Å².